The molecule has 0 spiro atoms. The van der Waals surface area contributed by atoms with E-state index in [0.29, 0.717) is 40.7 Å². The van der Waals surface area contributed by atoms with E-state index in [2.05, 4.69) is 4.98 Å². The Hall–Kier alpha value is -3.09. The lowest BCUT2D eigenvalue weighted by Gasteiger charge is -2.26. The summed E-state index contributed by atoms with van der Waals surface area (Å²) >= 11 is 12.4. The number of hydrogen-bond acceptors (Lipinski definition) is 4. The predicted octanol–water partition coefficient (Wildman–Crippen LogP) is 4.70. The van der Waals surface area contributed by atoms with Gasteiger partial charge in [-0.25, -0.2) is 4.98 Å². The summed E-state index contributed by atoms with van der Waals surface area (Å²) < 4.78 is 1.90. The fourth-order valence-electron chi connectivity index (χ4n) is 3.74. The van der Waals surface area contributed by atoms with Crippen LogP contribution in [0.2, 0.25) is 10.0 Å². The summed E-state index contributed by atoms with van der Waals surface area (Å²) in [5, 5.41) is 11.9. The highest BCUT2D eigenvalue weighted by Crippen LogP contribution is 2.41. The molecular formula is C23H19Cl2N3O3. The summed E-state index contributed by atoms with van der Waals surface area (Å²) in [6.07, 6.45) is 5.81. The molecule has 0 saturated carbocycles. The van der Waals surface area contributed by atoms with Crippen molar-refractivity contribution in [2.75, 3.05) is 6.54 Å². The van der Waals surface area contributed by atoms with Gasteiger partial charge in [-0.2, -0.15) is 0 Å². The molecule has 4 rings (SSSR count). The highest BCUT2D eigenvalue weighted by molar-refractivity contribution is 6.47. The van der Waals surface area contributed by atoms with Crippen LogP contribution in [0.15, 0.2) is 72.8 Å². The van der Waals surface area contributed by atoms with E-state index in [0.717, 1.165) is 0 Å². The first-order valence-corrected chi connectivity index (χ1v) is 10.5. The number of carbonyl (C=O) groups is 2. The molecule has 1 atom stereocenters. The summed E-state index contributed by atoms with van der Waals surface area (Å²) in [4.78, 5) is 31.4. The van der Waals surface area contributed by atoms with E-state index < -0.39 is 17.7 Å². The summed E-state index contributed by atoms with van der Waals surface area (Å²) in [5.74, 6) is -1.65. The number of amides is 1. The van der Waals surface area contributed by atoms with Crippen LogP contribution in [0.5, 0.6) is 0 Å². The normalized spacial score (nSPS) is 18.0. The van der Waals surface area contributed by atoms with Crippen molar-refractivity contribution in [3.63, 3.8) is 0 Å². The third-order valence-electron chi connectivity index (χ3n) is 5.23. The number of aliphatic hydroxyl groups is 1. The van der Waals surface area contributed by atoms with Gasteiger partial charge in [-0.3, -0.25) is 9.59 Å². The molecule has 1 amide bonds. The number of rotatable bonds is 6. The third-order valence-corrected chi connectivity index (χ3v) is 5.83. The monoisotopic (exact) mass is 455 g/mol. The molecule has 8 heteroatoms. The van der Waals surface area contributed by atoms with Crippen molar-refractivity contribution in [2.45, 2.75) is 19.0 Å². The van der Waals surface area contributed by atoms with Gasteiger partial charge in [0, 0.05) is 41.1 Å². The molecule has 0 bridgehead atoms. The van der Waals surface area contributed by atoms with Crippen molar-refractivity contribution in [2.24, 2.45) is 0 Å². The number of benzene rings is 2. The van der Waals surface area contributed by atoms with E-state index in [1.807, 2.05) is 10.8 Å². The molecule has 1 N–H and O–H groups in total. The first-order valence-electron chi connectivity index (χ1n) is 9.72. The number of nitrogens with zero attached hydrogens (tertiary/aromatic N) is 3. The van der Waals surface area contributed by atoms with Crippen molar-refractivity contribution in [3.8, 4) is 0 Å². The Kier molecular flexibility index (Phi) is 6.11. The van der Waals surface area contributed by atoms with Gasteiger partial charge in [-0.15, -0.1) is 0 Å². The molecule has 1 aliphatic rings. The van der Waals surface area contributed by atoms with E-state index >= 15 is 0 Å². The zero-order chi connectivity index (χ0) is 22.0. The Bertz CT molecular complexity index is 1140. The molecule has 1 aliphatic heterocycles. The Balaban J connectivity index is 1.75. The Morgan fingerprint density at radius 3 is 2.45 bits per heavy atom. The lowest BCUT2D eigenvalue weighted by molar-refractivity contribution is -0.139. The highest BCUT2D eigenvalue weighted by atomic mass is 35.5. The summed E-state index contributed by atoms with van der Waals surface area (Å²) in [7, 11) is 0. The van der Waals surface area contributed by atoms with Gasteiger partial charge in [0.05, 0.1) is 17.9 Å². The minimum absolute atomic E-state index is 0.0167. The largest absolute Gasteiger partial charge is 0.507 e. The molecule has 2 heterocycles. The molecule has 0 radical (unpaired) electrons. The molecule has 2 aromatic carbocycles. The molecule has 6 nitrogen and oxygen atoms in total. The first-order chi connectivity index (χ1) is 15.0. The van der Waals surface area contributed by atoms with Crippen LogP contribution in [0.25, 0.3) is 5.76 Å². The van der Waals surface area contributed by atoms with E-state index in [1.165, 1.54) is 4.90 Å². The van der Waals surface area contributed by atoms with Crippen LogP contribution >= 0.6 is 23.2 Å². The van der Waals surface area contributed by atoms with Crippen LogP contribution in [0.1, 0.15) is 23.6 Å². The Morgan fingerprint density at radius 2 is 1.77 bits per heavy atom. The van der Waals surface area contributed by atoms with E-state index in [9.17, 15) is 14.7 Å². The van der Waals surface area contributed by atoms with Crippen LogP contribution in [0, 0.1) is 0 Å². The minimum atomic E-state index is -0.785. The maximum atomic E-state index is 13.0. The average Bonchev–Trinajstić information content (AvgIpc) is 3.36. The molecule has 31 heavy (non-hydrogen) atoms. The molecule has 3 aromatic rings. The third kappa shape index (κ3) is 4.22. The number of hydrogen-bond donors (Lipinski definition) is 1. The van der Waals surface area contributed by atoms with E-state index in [4.69, 9.17) is 23.2 Å². The van der Waals surface area contributed by atoms with Gasteiger partial charge in [-0.1, -0.05) is 41.4 Å². The van der Waals surface area contributed by atoms with Gasteiger partial charge in [-0.05, 0) is 42.3 Å². The van der Waals surface area contributed by atoms with Crippen molar-refractivity contribution in [1.82, 2.24) is 14.5 Å². The van der Waals surface area contributed by atoms with Gasteiger partial charge in [0.1, 0.15) is 5.76 Å². The zero-order valence-electron chi connectivity index (χ0n) is 16.4. The molecule has 0 aliphatic carbocycles. The maximum absolute atomic E-state index is 13.0. The molecule has 1 unspecified atom stereocenters. The number of carbonyl (C=O) groups excluding carboxylic acids is 2. The van der Waals surface area contributed by atoms with E-state index in [1.54, 1.807) is 61.1 Å². The highest BCUT2D eigenvalue weighted by Gasteiger charge is 2.46. The van der Waals surface area contributed by atoms with Crippen LogP contribution in [-0.2, 0) is 16.1 Å². The van der Waals surface area contributed by atoms with Crippen molar-refractivity contribution < 1.29 is 14.7 Å². The maximum Gasteiger partial charge on any atom is 0.295 e. The number of ketones is 1. The van der Waals surface area contributed by atoms with Crippen molar-refractivity contribution in [1.29, 1.82) is 0 Å². The lowest BCUT2D eigenvalue weighted by Crippen LogP contribution is -2.31. The minimum Gasteiger partial charge on any atom is -0.507 e. The van der Waals surface area contributed by atoms with Crippen LogP contribution in [0.3, 0.4) is 0 Å². The number of aliphatic hydroxyl groups excluding tert-OH is 1. The fraction of sp³-hybridized carbons (Fsp3) is 0.174. The molecule has 1 saturated heterocycles. The zero-order valence-corrected chi connectivity index (χ0v) is 17.9. The number of aryl methyl sites for hydroxylation is 1. The first kappa shape index (κ1) is 21.2. The molecule has 1 aromatic heterocycles. The van der Waals surface area contributed by atoms with Crippen LogP contribution < -0.4 is 0 Å². The van der Waals surface area contributed by atoms with Crippen molar-refractivity contribution in [3.05, 3.63) is 94.0 Å². The molecule has 1 fully saturated rings. The summed E-state index contributed by atoms with van der Waals surface area (Å²) in [6, 6.07) is 12.7. The van der Waals surface area contributed by atoms with Gasteiger partial charge >= 0.3 is 0 Å². The van der Waals surface area contributed by atoms with Gasteiger partial charge in [0.15, 0.2) is 0 Å². The number of imidazole rings is 1. The van der Waals surface area contributed by atoms with Gasteiger partial charge < -0.3 is 14.6 Å². The fourth-order valence-corrected chi connectivity index (χ4v) is 4.10. The smallest absolute Gasteiger partial charge is 0.295 e. The second-order valence-electron chi connectivity index (χ2n) is 7.17. The standard InChI is InChI=1S/C23H19Cl2N3O3/c24-16-8-6-15(7-9-16)21(29)19-20(17-4-1-2-5-18(17)25)28(23(31)22(19)30)12-3-11-27-13-10-26-14-27/h1-2,4-10,13-14,20,29H,3,11-12H2/b21-19-. The topological polar surface area (TPSA) is 75.4 Å². The number of Topliss-reactive ketones (excluding diaryl/α,β-unsaturated/α-hetero) is 1. The van der Waals surface area contributed by atoms with Crippen LogP contribution in [0.4, 0.5) is 0 Å². The van der Waals surface area contributed by atoms with Gasteiger partial charge in [0.2, 0.25) is 0 Å². The molecular weight excluding hydrogens is 437 g/mol. The Labute approximate surface area is 189 Å². The predicted molar refractivity (Wildman–Crippen MR) is 119 cm³/mol. The van der Waals surface area contributed by atoms with Crippen molar-refractivity contribution >= 4 is 40.7 Å². The SMILES string of the molecule is O=C1C(=O)N(CCCn2ccnc2)C(c2ccccc2Cl)/C1=C(/O)c1ccc(Cl)cc1. The van der Waals surface area contributed by atoms with Crippen LogP contribution in [-0.4, -0.2) is 37.8 Å². The van der Waals surface area contributed by atoms with E-state index in [-0.39, 0.29) is 11.3 Å². The number of halogens is 2. The second-order valence-corrected chi connectivity index (χ2v) is 8.02. The second kappa shape index (κ2) is 8.96. The molecule has 158 valence electrons. The Morgan fingerprint density at radius 1 is 1.03 bits per heavy atom. The summed E-state index contributed by atoms with van der Waals surface area (Å²) in [5.41, 5.74) is 1.00. The lowest BCUT2D eigenvalue weighted by atomic mass is 9.95. The number of likely N-dealkylation sites (tertiary alicyclic amines) is 1. The quantitative estimate of drug-likeness (QED) is 0.332. The summed E-state index contributed by atoms with van der Waals surface area (Å²) in [6.45, 7) is 0.950. The average molecular weight is 456 g/mol. The number of aromatic nitrogens is 2. The van der Waals surface area contributed by atoms with Gasteiger partial charge in [0.25, 0.3) is 11.7 Å².